The minimum atomic E-state index is -0.601. The highest BCUT2D eigenvalue weighted by Gasteiger charge is 2.24. The van der Waals surface area contributed by atoms with Crippen molar-refractivity contribution < 1.29 is 14.6 Å². The molecule has 1 saturated heterocycles. The Morgan fingerprint density at radius 1 is 1.00 bits per heavy atom. The normalized spacial score (nSPS) is 15.9. The quantitative estimate of drug-likeness (QED) is 0.204. The van der Waals surface area contributed by atoms with E-state index in [0.717, 1.165) is 4.57 Å². The fraction of sp³-hybridized carbons (Fsp3) is 0.353. The average molecular weight is 710 g/mol. The summed E-state index contributed by atoms with van der Waals surface area (Å²) < 4.78 is 13.2. The van der Waals surface area contributed by atoms with Crippen molar-refractivity contribution in [3.63, 3.8) is 0 Å². The molecule has 258 valence electrons. The summed E-state index contributed by atoms with van der Waals surface area (Å²) in [5.74, 6) is 0.912. The maximum Gasteiger partial charge on any atom is 0.332 e. The average Bonchev–Trinajstić information content (AvgIpc) is 3.11. The van der Waals surface area contributed by atoms with Crippen molar-refractivity contribution in [3.05, 3.63) is 85.0 Å². The van der Waals surface area contributed by atoms with Crippen molar-refractivity contribution >= 4 is 45.7 Å². The van der Waals surface area contributed by atoms with E-state index in [2.05, 4.69) is 30.6 Å². The van der Waals surface area contributed by atoms with Gasteiger partial charge < -0.3 is 25.2 Å². The van der Waals surface area contributed by atoms with E-state index in [1.54, 1.807) is 32.3 Å². The minimum Gasteiger partial charge on any atom is -0.480 e. The first kappa shape index (κ1) is 35.9. The van der Waals surface area contributed by atoms with Crippen LogP contribution in [0.25, 0.3) is 33.4 Å². The molecule has 0 spiro atoms. The van der Waals surface area contributed by atoms with Crippen LogP contribution in [0.15, 0.2) is 52.2 Å². The Kier molecular flexibility index (Phi) is 11.3. The summed E-state index contributed by atoms with van der Waals surface area (Å²) in [4.78, 5) is 43.8. The molecule has 2 atom stereocenters. The summed E-state index contributed by atoms with van der Waals surface area (Å²) in [6.45, 7) is 6.89. The molecular weight excluding hydrogens is 671 g/mol. The number of ether oxygens (including phenoxy) is 2. The van der Waals surface area contributed by atoms with Crippen LogP contribution in [0.4, 0.5) is 11.5 Å². The number of benzene rings is 2. The van der Waals surface area contributed by atoms with Gasteiger partial charge in [0, 0.05) is 50.0 Å². The number of halogens is 2. The van der Waals surface area contributed by atoms with Crippen molar-refractivity contribution in [2.45, 2.75) is 45.9 Å². The van der Waals surface area contributed by atoms with Crippen LogP contribution in [0.3, 0.4) is 0 Å². The highest BCUT2D eigenvalue weighted by molar-refractivity contribution is 6.39. The number of fused-ring (bicyclic) bond motifs is 1. The number of nitrogens with zero attached hydrogens (tertiary/aromatic N) is 6. The molecule has 15 heteroatoms. The molecule has 6 rings (SSSR count). The van der Waals surface area contributed by atoms with Gasteiger partial charge in [0.1, 0.15) is 22.7 Å². The molecule has 0 bridgehead atoms. The zero-order valence-electron chi connectivity index (χ0n) is 28.0. The lowest BCUT2D eigenvalue weighted by molar-refractivity contribution is -0.0281. The molecule has 49 heavy (non-hydrogen) atoms. The predicted molar refractivity (Wildman–Crippen MR) is 191 cm³/mol. The molecule has 1 aliphatic rings. The SMILES string of the molecule is CC.COc1nc(-c2cccc(-c3cccc(Nc4nc(C)nc5c4c(=O)n(C)c(=O)n5C)c3Cl)c2Cl)cnc1CNC1CCOCC1O. The van der Waals surface area contributed by atoms with Crippen molar-refractivity contribution in [1.82, 2.24) is 34.4 Å². The van der Waals surface area contributed by atoms with Crippen LogP contribution in [0.5, 0.6) is 5.88 Å². The molecule has 3 aromatic heterocycles. The summed E-state index contributed by atoms with van der Waals surface area (Å²) in [6.07, 6.45) is 1.71. The fourth-order valence-electron chi connectivity index (χ4n) is 5.56. The van der Waals surface area contributed by atoms with E-state index in [9.17, 15) is 14.7 Å². The maximum absolute atomic E-state index is 13.1. The molecule has 3 N–H and O–H groups in total. The molecule has 1 fully saturated rings. The number of aliphatic hydroxyl groups excluding tert-OH is 1. The number of rotatable bonds is 8. The summed E-state index contributed by atoms with van der Waals surface area (Å²) in [6, 6.07) is 10.8. The Bertz CT molecular complexity index is 2120. The molecule has 2 unspecified atom stereocenters. The monoisotopic (exact) mass is 708 g/mol. The Balaban J connectivity index is 0.00000230. The molecule has 0 radical (unpaired) electrons. The Hall–Kier alpha value is -4.40. The van der Waals surface area contributed by atoms with Gasteiger partial charge in [0.05, 0.1) is 47.4 Å². The second-order valence-electron chi connectivity index (χ2n) is 11.1. The van der Waals surface area contributed by atoms with Gasteiger partial charge >= 0.3 is 5.69 Å². The van der Waals surface area contributed by atoms with E-state index < -0.39 is 17.4 Å². The van der Waals surface area contributed by atoms with E-state index >= 15 is 0 Å². The van der Waals surface area contributed by atoms with E-state index in [1.807, 2.05) is 38.1 Å². The van der Waals surface area contributed by atoms with E-state index in [-0.39, 0.29) is 29.5 Å². The first-order valence-electron chi connectivity index (χ1n) is 15.8. The third-order valence-corrected chi connectivity index (χ3v) is 8.91. The number of aryl methyl sites for hydroxylation is 2. The Labute approximate surface area is 292 Å². The fourth-order valence-corrected chi connectivity index (χ4v) is 6.16. The van der Waals surface area contributed by atoms with Crippen LogP contribution in [0.2, 0.25) is 10.0 Å². The predicted octanol–water partition coefficient (Wildman–Crippen LogP) is 4.78. The molecular formula is C34H38Cl2N8O5. The van der Waals surface area contributed by atoms with Crippen molar-refractivity contribution in [2.75, 3.05) is 25.6 Å². The van der Waals surface area contributed by atoms with Crippen LogP contribution in [0.1, 0.15) is 31.8 Å². The Morgan fingerprint density at radius 3 is 2.41 bits per heavy atom. The van der Waals surface area contributed by atoms with Crippen molar-refractivity contribution in [3.8, 4) is 28.3 Å². The number of hydrogen-bond acceptors (Lipinski definition) is 11. The first-order valence-corrected chi connectivity index (χ1v) is 16.5. The highest BCUT2D eigenvalue weighted by Crippen LogP contribution is 2.42. The lowest BCUT2D eigenvalue weighted by Crippen LogP contribution is -2.46. The second-order valence-corrected chi connectivity index (χ2v) is 11.9. The van der Waals surface area contributed by atoms with Gasteiger partial charge in [0.2, 0.25) is 5.88 Å². The third kappa shape index (κ3) is 7.17. The van der Waals surface area contributed by atoms with E-state index in [0.29, 0.717) is 75.1 Å². The molecule has 4 heterocycles. The van der Waals surface area contributed by atoms with Crippen molar-refractivity contribution in [1.29, 1.82) is 0 Å². The molecule has 0 amide bonds. The topological polar surface area (TPSA) is 158 Å². The van der Waals surface area contributed by atoms with Gasteiger partial charge in [-0.2, -0.15) is 0 Å². The van der Waals surface area contributed by atoms with E-state index in [1.165, 1.54) is 18.7 Å². The molecule has 2 aromatic carbocycles. The third-order valence-electron chi connectivity index (χ3n) is 8.09. The molecule has 13 nitrogen and oxygen atoms in total. The number of methoxy groups -OCH3 is 1. The molecule has 0 saturated carbocycles. The zero-order valence-corrected chi connectivity index (χ0v) is 29.6. The van der Waals surface area contributed by atoms with Gasteiger partial charge in [-0.25, -0.2) is 19.7 Å². The largest absolute Gasteiger partial charge is 0.480 e. The van der Waals surface area contributed by atoms with Gasteiger partial charge in [-0.1, -0.05) is 67.4 Å². The smallest absolute Gasteiger partial charge is 0.332 e. The summed E-state index contributed by atoms with van der Waals surface area (Å²) in [5, 5.41) is 17.6. The number of aliphatic hydroxyl groups is 1. The standard InChI is InChI=1S/C32H32Cl2N8O5.C2H6/c1-16-37-28(25-29(38-16)41(2)32(45)42(3)31(25)44)39-21-10-6-8-18(27(21)34)17-7-5-9-19(26(17)33)22-13-36-23(30(40-22)46-4)14-35-20-11-12-47-15-24(20)43;1-2/h5-10,13,20,24,35,43H,11-12,14-15H2,1-4H3,(H,37,38,39);1-2H3. The number of aromatic nitrogens is 6. The molecule has 1 aliphatic heterocycles. The summed E-state index contributed by atoms with van der Waals surface area (Å²) in [5.41, 5.74) is 2.60. The lowest BCUT2D eigenvalue weighted by atomic mass is 10.0. The molecule has 0 aliphatic carbocycles. The highest BCUT2D eigenvalue weighted by atomic mass is 35.5. The lowest BCUT2D eigenvalue weighted by Gasteiger charge is -2.28. The maximum atomic E-state index is 13.1. The molecule has 5 aromatic rings. The van der Waals surface area contributed by atoms with Gasteiger partial charge in [-0.15, -0.1) is 0 Å². The second kappa shape index (κ2) is 15.4. The van der Waals surface area contributed by atoms with Gasteiger partial charge in [0.25, 0.3) is 5.56 Å². The van der Waals surface area contributed by atoms with Gasteiger partial charge in [-0.3, -0.25) is 18.9 Å². The minimum absolute atomic E-state index is 0.118. The van der Waals surface area contributed by atoms with Crippen LogP contribution < -0.4 is 26.6 Å². The van der Waals surface area contributed by atoms with Crippen molar-refractivity contribution in [2.24, 2.45) is 14.1 Å². The van der Waals surface area contributed by atoms with Gasteiger partial charge in [0.15, 0.2) is 5.65 Å². The van der Waals surface area contributed by atoms with Crippen LogP contribution >= 0.6 is 23.2 Å². The Morgan fingerprint density at radius 2 is 1.69 bits per heavy atom. The summed E-state index contributed by atoms with van der Waals surface area (Å²) >= 11 is 14.0. The number of hydrogen-bond donors (Lipinski definition) is 3. The first-order chi connectivity index (χ1) is 23.6. The number of anilines is 2. The number of nitrogens with one attached hydrogen (secondary N) is 2. The zero-order chi connectivity index (χ0) is 35.4. The van der Waals surface area contributed by atoms with E-state index in [4.69, 9.17) is 32.7 Å². The summed E-state index contributed by atoms with van der Waals surface area (Å²) in [7, 11) is 4.47. The van der Waals surface area contributed by atoms with Gasteiger partial charge in [-0.05, 0) is 19.4 Å². The van der Waals surface area contributed by atoms with Crippen LogP contribution in [-0.4, -0.2) is 66.6 Å². The van der Waals surface area contributed by atoms with Crippen LogP contribution in [-0.2, 0) is 25.4 Å². The van der Waals surface area contributed by atoms with Crippen LogP contribution in [0, 0.1) is 6.92 Å².